The second-order valence-electron chi connectivity index (χ2n) is 6.39. The van der Waals surface area contributed by atoms with Gasteiger partial charge in [0.05, 0.1) is 21.3 Å². The molecule has 30 heavy (non-hydrogen) atoms. The number of carbonyl (C=O) groups excluding carboxylic acids is 1. The molecule has 0 spiro atoms. The summed E-state index contributed by atoms with van der Waals surface area (Å²) in [5.74, 6) is 0. The Morgan fingerprint density at radius 3 is 1.90 bits per heavy atom. The molecular weight excluding hydrogens is 461 g/mol. The van der Waals surface area contributed by atoms with E-state index in [0.717, 1.165) is 24.3 Å². The SMILES string of the molecule is C[C@@](O)(c1cc(Cl)c(NC(=O)NCc2ccc(C(F)(F)F)cc2)c(Cl)c1)C(F)(F)F. The van der Waals surface area contributed by atoms with Crippen LogP contribution in [0.4, 0.5) is 36.8 Å². The van der Waals surface area contributed by atoms with E-state index in [2.05, 4.69) is 10.6 Å². The molecule has 0 aliphatic rings. The van der Waals surface area contributed by atoms with Crippen molar-refractivity contribution < 1.29 is 36.2 Å². The third-order valence-electron chi connectivity index (χ3n) is 4.13. The smallest absolute Gasteiger partial charge is 0.376 e. The summed E-state index contributed by atoms with van der Waals surface area (Å²) in [5, 5.41) is 13.6. The van der Waals surface area contributed by atoms with Gasteiger partial charge in [-0.1, -0.05) is 35.3 Å². The highest BCUT2D eigenvalue weighted by Gasteiger charge is 2.51. The molecule has 0 fully saturated rings. The van der Waals surface area contributed by atoms with Gasteiger partial charge in [-0.3, -0.25) is 0 Å². The van der Waals surface area contributed by atoms with E-state index in [1.807, 2.05) is 0 Å². The molecule has 2 aromatic rings. The zero-order valence-electron chi connectivity index (χ0n) is 15.1. The second-order valence-corrected chi connectivity index (χ2v) is 7.20. The van der Waals surface area contributed by atoms with E-state index in [1.165, 1.54) is 12.1 Å². The van der Waals surface area contributed by atoms with Crippen LogP contribution in [0.3, 0.4) is 0 Å². The fourth-order valence-electron chi connectivity index (χ4n) is 2.29. The summed E-state index contributed by atoms with van der Waals surface area (Å²) in [4.78, 5) is 12.0. The number of alkyl halides is 6. The molecule has 0 bridgehead atoms. The number of nitrogens with one attached hydrogen (secondary N) is 2. The number of amides is 2. The molecule has 0 aromatic heterocycles. The van der Waals surface area contributed by atoms with Gasteiger partial charge in [0.1, 0.15) is 0 Å². The summed E-state index contributed by atoms with van der Waals surface area (Å²) < 4.78 is 76.5. The van der Waals surface area contributed by atoms with Gasteiger partial charge in [-0.25, -0.2) is 4.79 Å². The predicted octanol–water partition coefficient (Wildman–Crippen LogP) is 6.10. The average molecular weight is 475 g/mol. The van der Waals surface area contributed by atoms with Crippen LogP contribution in [0.15, 0.2) is 36.4 Å². The highest BCUT2D eigenvalue weighted by atomic mass is 35.5. The minimum Gasteiger partial charge on any atom is -0.376 e. The number of hydrogen-bond donors (Lipinski definition) is 3. The van der Waals surface area contributed by atoms with Crippen LogP contribution in [0.5, 0.6) is 0 Å². The molecule has 12 heteroatoms. The third kappa shape index (κ3) is 5.50. The van der Waals surface area contributed by atoms with E-state index in [9.17, 15) is 36.2 Å². The quantitative estimate of drug-likeness (QED) is 0.468. The number of rotatable bonds is 4. The Bertz CT molecular complexity index is 905. The van der Waals surface area contributed by atoms with Crippen molar-refractivity contribution in [2.75, 3.05) is 5.32 Å². The summed E-state index contributed by atoms with van der Waals surface area (Å²) in [6.07, 6.45) is -9.48. The van der Waals surface area contributed by atoms with Crippen LogP contribution in [-0.4, -0.2) is 17.3 Å². The van der Waals surface area contributed by atoms with E-state index < -0.39 is 35.1 Å². The van der Waals surface area contributed by atoms with Gasteiger partial charge < -0.3 is 15.7 Å². The van der Waals surface area contributed by atoms with Gasteiger partial charge in [0.15, 0.2) is 5.60 Å². The van der Waals surface area contributed by atoms with E-state index in [1.54, 1.807) is 0 Å². The number of aliphatic hydroxyl groups is 1. The first kappa shape index (κ1) is 24.1. The van der Waals surface area contributed by atoms with E-state index in [-0.39, 0.29) is 22.3 Å². The Kier molecular flexibility index (Phi) is 6.85. The first-order valence-electron chi connectivity index (χ1n) is 8.12. The van der Waals surface area contributed by atoms with Gasteiger partial charge in [0.2, 0.25) is 0 Å². The molecule has 0 unspecified atom stereocenters. The molecule has 0 saturated carbocycles. The Labute approximate surface area is 176 Å². The van der Waals surface area contributed by atoms with Crippen molar-refractivity contribution in [3.63, 3.8) is 0 Å². The lowest BCUT2D eigenvalue weighted by Gasteiger charge is -2.27. The highest BCUT2D eigenvalue weighted by Crippen LogP contribution is 2.42. The number of urea groups is 1. The number of benzene rings is 2. The molecule has 2 aromatic carbocycles. The topological polar surface area (TPSA) is 61.4 Å². The molecule has 0 aliphatic heterocycles. The molecule has 4 nitrogen and oxygen atoms in total. The predicted molar refractivity (Wildman–Crippen MR) is 99.4 cm³/mol. The summed E-state index contributed by atoms with van der Waals surface area (Å²) in [6, 6.07) is 4.84. The van der Waals surface area contributed by atoms with Gasteiger partial charge in [0, 0.05) is 6.54 Å². The number of hydrogen-bond acceptors (Lipinski definition) is 2. The van der Waals surface area contributed by atoms with Crippen LogP contribution in [0.2, 0.25) is 10.0 Å². The summed E-state index contributed by atoms with van der Waals surface area (Å²) in [5.41, 5.74) is -4.52. The fourth-order valence-corrected chi connectivity index (χ4v) is 2.87. The number of carbonyl (C=O) groups is 1. The van der Waals surface area contributed by atoms with Crippen LogP contribution < -0.4 is 10.6 Å². The van der Waals surface area contributed by atoms with Crippen LogP contribution in [-0.2, 0) is 18.3 Å². The van der Waals surface area contributed by atoms with Crippen molar-refractivity contribution >= 4 is 34.9 Å². The van der Waals surface area contributed by atoms with Crippen LogP contribution in [0, 0.1) is 0 Å². The van der Waals surface area contributed by atoms with Crippen molar-refractivity contribution in [2.45, 2.75) is 31.4 Å². The van der Waals surface area contributed by atoms with Gasteiger partial charge in [-0.15, -0.1) is 0 Å². The molecule has 0 radical (unpaired) electrons. The molecule has 0 heterocycles. The minimum atomic E-state index is -4.99. The molecule has 2 rings (SSSR count). The van der Waals surface area contributed by atoms with Crippen molar-refractivity contribution in [3.8, 4) is 0 Å². The number of halogens is 8. The Morgan fingerprint density at radius 2 is 1.47 bits per heavy atom. The molecule has 0 saturated heterocycles. The van der Waals surface area contributed by atoms with Crippen molar-refractivity contribution in [1.82, 2.24) is 5.32 Å². The first-order valence-corrected chi connectivity index (χ1v) is 8.88. The van der Waals surface area contributed by atoms with Crippen LogP contribution >= 0.6 is 23.2 Å². The molecule has 0 aliphatic carbocycles. The maximum Gasteiger partial charge on any atom is 0.421 e. The van der Waals surface area contributed by atoms with Gasteiger partial charge in [-0.2, -0.15) is 26.3 Å². The van der Waals surface area contributed by atoms with Crippen molar-refractivity contribution in [3.05, 3.63) is 63.1 Å². The normalized spacial score (nSPS) is 14.2. The monoisotopic (exact) mass is 474 g/mol. The van der Waals surface area contributed by atoms with E-state index >= 15 is 0 Å². The largest absolute Gasteiger partial charge is 0.421 e. The summed E-state index contributed by atoms with van der Waals surface area (Å²) in [7, 11) is 0. The molecule has 1 atom stereocenters. The Balaban J connectivity index is 2.08. The van der Waals surface area contributed by atoms with Crippen LogP contribution in [0.1, 0.15) is 23.6 Å². The average Bonchev–Trinajstić information content (AvgIpc) is 2.61. The number of anilines is 1. The maximum atomic E-state index is 13.0. The molecule has 3 N–H and O–H groups in total. The zero-order chi connectivity index (χ0) is 22.9. The first-order chi connectivity index (χ1) is 13.6. The molecule has 2 amide bonds. The van der Waals surface area contributed by atoms with E-state index in [4.69, 9.17) is 23.2 Å². The maximum absolute atomic E-state index is 13.0. The lowest BCUT2D eigenvalue weighted by atomic mass is 9.95. The lowest BCUT2D eigenvalue weighted by Crippen LogP contribution is -2.39. The molecular formula is C18H14Cl2F6N2O2. The third-order valence-corrected chi connectivity index (χ3v) is 4.73. The van der Waals surface area contributed by atoms with Crippen LogP contribution in [0.25, 0.3) is 0 Å². The van der Waals surface area contributed by atoms with Gasteiger partial charge >= 0.3 is 18.4 Å². The minimum absolute atomic E-state index is 0.139. The standard InChI is InChI=1S/C18H14Cl2F6N2O2/c1-16(30,18(24,25)26)11-6-12(19)14(13(20)7-11)28-15(29)27-8-9-2-4-10(5-3-9)17(21,22)23/h2-7,30H,8H2,1H3,(H2,27,28,29)/t16-/m1/s1. The molecule has 164 valence electrons. The van der Waals surface area contributed by atoms with Gasteiger partial charge in [-0.05, 0) is 42.3 Å². The highest BCUT2D eigenvalue weighted by molar-refractivity contribution is 6.39. The summed E-state index contributed by atoms with van der Waals surface area (Å²) >= 11 is 11.8. The fraction of sp³-hybridized carbons (Fsp3) is 0.278. The van der Waals surface area contributed by atoms with Crippen molar-refractivity contribution in [1.29, 1.82) is 0 Å². The van der Waals surface area contributed by atoms with E-state index in [0.29, 0.717) is 12.5 Å². The van der Waals surface area contributed by atoms with Gasteiger partial charge in [0.25, 0.3) is 0 Å². The lowest BCUT2D eigenvalue weighted by molar-refractivity contribution is -0.258. The zero-order valence-corrected chi connectivity index (χ0v) is 16.6. The Morgan fingerprint density at radius 1 is 0.967 bits per heavy atom. The Hall–Kier alpha value is -2.17. The summed E-state index contributed by atoms with van der Waals surface area (Å²) in [6.45, 7) is 0.388. The second kappa shape index (κ2) is 8.52. The van der Waals surface area contributed by atoms with Crippen molar-refractivity contribution in [2.24, 2.45) is 0 Å².